The number of carbonyl (C=O) groups is 2. The maximum Gasteiger partial charge on any atom is 0.416 e. The van der Waals surface area contributed by atoms with Crippen molar-refractivity contribution in [2.45, 2.75) is 51.2 Å². The molecule has 4 nitrogen and oxygen atoms in total. The van der Waals surface area contributed by atoms with Crippen LogP contribution in [-0.4, -0.2) is 25.0 Å². The highest BCUT2D eigenvalue weighted by atomic mass is 19.4. The quantitative estimate of drug-likeness (QED) is 0.573. The van der Waals surface area contributed by atoms with Gasteiger partial charge in [0.1, 0.15) is 6.04 Å². The van der Waals surface area contributed by atoms with Crippen molar-refractivity contribution in [2.24, 2.45) is 0 Å². The number of nitrogens with one attached hydrogen (secondary N) is 1. The second-order valence-corrected chi connectivity index (χ2v) is 5.48. The summed E-state index contributed by atoms with van der Waals surface area (Å²) in [5.74, 6) is -1.33. The van der Waals surface area contributed by atoms with Gasteiger partial charge in [0.2, 0.25) is 0 Å². The van der Waals surface area contributed by atoms with Crippen LogP contribution in [0.4, 0.5) is 13.2 Å². The van der Waals surface area contributed by atoms with Gasteiger partial charge in [-0.2, -0.15) is 13.2 Å². The number of unbranched alkanes of at least 4 members (excludes halogenated alkanes) is 3. The number of rotatable bonds is 8. The number of alkyl halides is 3. The number of amides is 1. The van der Waals surface area contributed by atoms with E-state index >= 15 is 0 Å². The summed E-state index contributed by atoms with van der Waals surface area (Å²) in [5.41, 5.74) is -1.06. The third-order valence-corrected chi connectivity index (χ3v) is 3.59. The summed E-state index contributed by atoms with van der Waals surface area (Å²) in [5, 5.41) is 2.46. The van der Waals surface area contributed by atoms with Crippen molar-refractivity contribution in [3.05, 3.63) is 35.4 Å². The fraction of sp³-hybridized carbons (Fsp3) is 0.529. The average Bonchev–Trinajstić information content (AvgIpc) is 2.56. The van der Waals surface area contributed by atoms with E-state index in [-0.39, 0.29) is 5.56 Å². The lowest BCUT2D eigenvalue weighted by molar-refractivity contribution is -0.143. The normalized spacial score (nSPS) is 12.5. The van der Waals surface area contributed by atoms with Crippen LogP contribution in [0.2, 0.25) is 0 Å². The van der Waals surface area contributed by atoms with Crippen molar-refractivity contribution in [1.82, 2.24) is 5.32 Å². The number of hydrogen-bond acceptors (Lipinski definition) is 3. The molecule has 1 aromatic rings. The maximum absolute atomic E-state index is 12.7. The molecule has 24 heavy (non-hydrogen) atoms. The molecule has 0 saturated carbocycles. The van der Waals surface area contributed by atoms with Crippen LogP contribution in [-0.2, 0) is 15.7 Å². The number of halogens is 3. The van der Waals surface area contributed by atoms with Gasteiger partial charge in [-0.25, -0.2) is 4.79 Å². The second-order valence-electron chi connectivity index (χ2n) is 5.48. The van der Waals surface area contributed by atoms with Crippen LogP contribution in [0.1, 0.15) is 54.9 Å². The number of benzene rings is 1. The van der Waals surface area contributed by atoms with Gasteiger partial charge in [0.05, 0.1) is 12.7 Å². The second kappa shape index (κ2) is 9.30. The molecule has 0 aromatic heterocycles. The molecule has 1 amide bonds. The Morgan fingerprint density at radius 2 is 1.92 bits per heavy atom. The number of ether oxygens (including phenoxy) is 1. The molecule has 1 aromatic carbocycles. The van der Waals surface area contributed by atoms with E-state index in [2.05, 4.69) is 10.1 Å². The monoisotopic (exact) mass is 345 g/mol. The molecule has 0 aliphatic heterocycles. The van der Waals surface area contributed by atoms with Crippen molar-refractivity contribution in [1.29, 1.82) is 0 Å². The molecule has 1 rings (SSSR count). The molecule has 0 spiro atoms. The number of hydrogen-bond donors (Lipinski definition) is 1. The van der Waals surface area contributed by atoms with Crippen LogP contribution >= 0.6 is 0 Å². The van der Waals surface area contributed by atoms with Crippen molar-refractivity contribution in [3.8, 4) is 0 Å². The molecule has 134 valence electrons. The first-order valence-electron chi connectivity index (χ1n) is 7.85. The average molecular weight is 345 g/mol. The fourth-order valence-corrected chi connectivity index (χ4v) is 2.24. The molecule has 7 heteroatoms. The maximum atomic E-state index is 12.7. The zero-order valence-electron chi connectivity index (χ0n) is 13.8. The van der Waals surface area contributed by atoms with Crippen LogP contribution in [0, 0.1) is 0 Å². The molecule has 0 aliphatic rings. The summed E-state index contributed by atoms with van der Waals surface area (Å²) in [7, 11) is 1.21. The van der Waals surface area contributed by atoms with E-state index in [0.717, 1.165) is 43.9 Å². The van der Waals surface area contributed by atoms with Crippen LogP contribution < -0.4 is 5.32 Å². The van der Waals surface area contributed by atoms with Crippen LogP contribution in [0.15, 0.2) is 24.3 Å². The van der Waals surface area contributed by atoms with Gasteiger partial charge in [-0.15, -0.1) is 0 Å². The molecule has 0 radical (unpaired) electrons. The van der Waals surface area contributed by atoms with Crippen molar-refractivity contribution in [3.63, 3.8) is 0 Å². The first-order valence-corrected chi connectivity index (χ1v) is 7.85. The highest BCUT2D eigenvalue weighted by Crippen LogP contribution is 2.29. The highest BCUT2D eigenvalue weighted by Gasteiger charge is 2.31. The lowest BCUT2D eigenvalue weighted by Gasteiger charge is -2.17. The molecular formula is C17H22F3NO3. The Kier molecular flexibility index (Phi) is 7.74. The minimum atomic E-state index is -4.53. The molecule has 0 aliphatic carbocycles. The number of methoxy groups -OCH3 is 1. The number of esters is 1. The Morgan fingerprint density at radius 1 is 1.21 bits per heavy atom. The summed E-state index contributed by atoms with van der Waals surface area (Å²) in [6.45, 7) is 2.05. The van der Waals surface area contributed by atoms with Gasteiger partial charge in [-0.1, -0.05) is 38.7 Å². The van der Waals surface area contributed by atoms with E-state index < -0.39 is 29.7 Å². The minimum absolute atomic E-state index is 0.146. The van der Waals surface area contributed by atoms with E-state index in [1.807, 2.05) is 6.92 Å². The predicted octanol–water partition coefficient (Wildman–Crippen LogP) is 3.95. The van der Waals surface area contributed by atoms with Gasteiger partial charge in [-0.05, 0) is 24.6 Å². The van der Waals surface area contributed by atoms with E-state index in [1.54, 1.807) is 0 Å². The summed E-state index contributed by atoms with van der Waals surface area (Å²) >= 11 is 0. The molecular weight excluding hydrogens is 323 g/mol. The third-order valence-electron chi connectivity index (χ3n) is 3.59. The zero-order chi connectivity index (χ0) is 18.2. The lowest BCUT2D eigenvalue weighted by Crippen LogP contribution is -2.41. The van der Waals surface area contributed by atoms with E-state index in [1.165, 1.54) is 13.2 Å². The Hall–Kier alpha value is -2.05. The van der Waals surface area contributed by atoms with E-state index in [9.17, 15) is 22.8 Å². The molecule has 0 heterocycles. The van der Waals surface area contributed by atoms with E-state index in [4.69, 9.17) is 0 Å². The third kappa shape index (κ3) is 6.22. The topological polar surface area (TPSA) is 55.4 Å². The van der Waals surface area contributed by atoms with Crippen molar-refractivity contribution in [2.75, 3.05) is 7.11 Å². The molecule has 0 saturated heterocycles. The lowest BCUT2D eigenvalue weighted by atomic mass is 10.1. The van der Waals surface area contributed by atoms with Crippen molar-refractivity contribution < 1.29 is 27.5 Å². The van der Waals surface area contributed by atoms with Gasteiger partial charge < -0.3 is 10.1 Å². The van der Waals surface area contributed by atoms with Gasteiger partial charge in [-0.3, -0.25) is 4.79 Å². The Morgan fingerprint density at radius 3 is 2.50 bits per heavy atom. The SMILES string of the molecule is CCCCCC[C@@H](NC(=O)c1cccc(C(F)(F)F)c1)C(=O)OC. The molecule has 0 fully saturated rings. The highest BCUT2D eigenvalue weighted by molar-refractivity contribution is 5.96. The zero-order valence-corrected chi connectivity index (χ0v) is 13.8. The predicted molar refractivity (Wildman–Crippen MR) is 83.5 cm³/mol. The Labute approximate surface area is 139 Å². The fourth-order valence-electron chi connectivity index (χ4n) is 2.24. The van der Waals surface area contributed by atoms with Crippen LogP contribution in [0.5, 0.6) is 0 Å². The summed E-state index contributed by atoms with van der Waals surface area (Å²) in [6, 6.07) is 3.22. The summed E-state index contributed by atoms with van der Waals surface area (Å²) in [4.78, 5) is 23.9. The number of carbonyl (C=O) groups excluding carboxylic acids is 2. The van der Waals surface area contributed by atoms with Gasteiger partial charge in [0.15, 0.2) is 0 Å². The van der Waals surface area contributed by atoms with Gasteiger partial charge in [0, 0.05) is 5.56 Å². The molecule has 0 bridgehead atoms. The first kappa shape index (κ1) is 20.0. The molecule has 1 N–H and O–H groups in total. The first-order chi connectivity index (χ1) is 11.3. The summed E-state index contributed by atoms with van der Waals surface area (Å²) < 4.78 is 42.8. The van der Waals surface area contributed by atoms with E-state index in [0.29, 0.717) is 6.42 Å². The summed E-state index contributed by atoms with van der Waals surface area (Å²) in [6.07, 6.45) is -0.482. The van der Waals surface area contributed by atoms with Crippen LogP contribution in [0.3, 0.4) is 0 Å². The smallest absolute Gasteiger partial charge is 0.416 e. The minimum Gasteiger partial charge on any atom is -0.467 e. The Bertz CT molecular complexity index is 558. The molecule has 0 unspecified atom stereocenters. The van der Waals surface area contributed by atoms with Gasteiger partial charge in [0.25, 0.3) is 5.91 Å². The largest absolute Gasteiger partial charge is 0.467 e. The molecule has 1 atom stereocenters. The Balaban J connectivity index is 2.78. The standard InChI is InChI=1S/C17H22F3NO3/c1-3-4-5-6-10-14(16(23)24-2)21-15(22)12-8-7-9-13(11-12)17(18,19)20/h7-9,11,14H,3-6,10H2,1-2H3,(H,21,22)/t14-/m1/s1. The van der Waals surface area contributed by atoms with Gasteiger partial charge >= 0.3 is 12.1 Å². The van der Waals surface area contributed by atoms with Crippen LogP contribution in [0.25, 0.3) is 0 Å². The van der Waals surface area contributed by atoms with Crippen molar-refractivity contribution >= 4 is 11.9 Å².